The second-order valence-corrected chi connectivity index (χ2v) is 8.17. The number of carbonyl (C=O) groups is 1. The number of nitrogens with zero attached hydrogens (tertiary/aromatic N) is 4. The highest BCUT2D eigenvalue weighted by atomic mass is 16.5. The molecule has 1 aliphatic heterocycles. The van der Waals surface area contributed by atoms with E-state index in [-0.39, 0.29) is 11.9 Å². The molecule has 1 saturated heterocycles. The number of likely N-dealkylation sites (tertiary alicyclic amines) is 1. The molecule has 1 aliphatic rings. The van der Waals surface area contributed by atoms with Crippen LogP contribution in [0.15, 0.2) is 61.1 Å². The molecule has 0 spiro atoms. The van der Waals surface area contributed by atoms with Gasteiger partial charge in [-0.1, -0.05) is 18.2 Å². The summed E-state index contributed by atoms with van der Waals surface area (Å²) in [6.45, 7) is 4.69. The summed E-state index contributed by atoms with van der Waals surface area (Å²) < 4.78 is 5.25. The lowest BCUT2D eigenvalue weighted by Gasteiger charge is -2.33. The van der Waals surface area contributed by atoms with Gasteiger partial charge in [-0.15, -0.1) is 0 Å². The van der Waals surface area contributed by atoms with Gasteiger partial charge in [0.15, 0.2) is 0 Å². The maximum Gasteiger partial charge on any atom is 0.233 e. The van der Waals surface area contributed by atoms with Crippen molar-refractivity contribution in [3.8, 4) is 5.75 Å². The zero-order chi connectivity index (χ0) is 21.8. The van der Waals surface area contributed by atoms with Gasteiger partial charge < -0.3 is 15.0 Å². The van der Waals surface area contributed by atoms with Crippen LogP contribution in [0.25, 0.3) is 0 Å². The molecule has 1 amide bonds. The Morgan fingerprint density at radius 3 is 2.65 bits per heavy atom. The summed E-state index contributed by atoms with van der Waals surface area (Å²) in [5.74, 6) is 2.20. The molecule has 2 aromatic heterocycles. The van der Waals surface area contributed by atoms with E-state index in [0.29, 0.717) is 11.6 Å². The van der Waals surface area contributed by atoms with Gasteiger partial charge in [-0.3, -0.25) is 9.78 Å². The number of hydrogen-bond acceptors (Lipinski definition) is 6. The number of amides is 1. The first-order chi connectivity index (χ1) is 15.0. The number of benzene rings is 1. The largest absolute Gasteiger partial charge is 0.497 e. The minimum Gasteiger partial charge on any atom is -0.497 e. The Balaban J connectivity index is 1.55. The quantitative estimate of drug-likeness (QED) is 0.645. The van der Waals surface area contributed by atoms with Gasteiger partial charge in [-0.25, -0.2) is 9.97 Å². The van der Waals surface area contributed by atoms with Crippen LogP contribution < -0.4 is 10.1 Å². The van der Waals surface area contributed by atoms with Gasteiger partial charge in [-0.05, 0) is 56.5 Å². The van der Waals surface area contributed by atoms with Crippen molar-refractivity contribution < 1.29 is 9.53 Å². The summed E-state index contributed by atoms with van der Waals surface area (Å²) in [6, 6.07) is 13.5. The third kappa shape index (κ3) is 4.35. The van der Waals surface area contributed by atoms with Crippen molar-refractivity contribution in [2.24, 2.45) is 0 Å². The van der Waals surface area contributed by atoms with Gasteiger partial charge in [0, 0.05) is 18.9 Å². The van der Waals surface area contributed by atoms with Crippen LogP contribution in [0.3, 0.4) is 0 Å². The predicted octanol–water partition coefficient (Wildman–Crippen LogP) is 4.27. The molecule has 0 radical (unpaired) electrons. The molecule has 1 unspecified atom stereocenters. The van der Waals surface area contributed by atoms with Crippen LogP contribution >= 0.6 is 0 Å². The van der Waals surface area contributed by atoms with E-state index in [0.717, 1.165) is 36.4 Å². The molecule has 3 heterocycles. The second kappa shape index (κ2) is 8.71. The number of hydrogen-bond donors (Lipinski definition) is 1. The molecular formula is C24H27N5O2. The van der Waals surface area contributed by atoms with E-state index < -0.39 is 5.41 Å². The SMILES string of the molecule is COc1ccc(C(C)(C)C(=O)N2CCCC2c2cccc(Nc3cnccn3)n2)cc1. The fourth-order valence-corrected chi connectivity index (χ4v) is 4.01. The molecule has 7 heteroatoms. The topological polar surface area (TPSA) is 80.2 Å². The fraction of sp³-hybridized carbons (Fsp3) is 0.333. The average molecular weight is 418 g/mol. The summed E-state index contributed by atoms with van der Waals surface area (Å²) >= 11 is 0. The first-order valence-corrected chi connectivity index (χ1v) is 10.4. The van der Waals surface area contributed by atoms with Crippen molar-refractivity contribution in [1.82, 2.24) is 19.9 Å². The molecule has 1 aromatic carbocycles. The summed E-state index contributed by atoms with van der Waals surface area (Å²) in [4.78, 5) is 28.7. The summed E-state index contributed by atoms with van der Waals surface area (Å²) in [5, 5.41) is 3.18. The maximum absolute atomic E-state index is 13.6. The molecule has 4 rings (SSSR count). The Labute approximate surface area is 182 Å². The first-order valence-electron chi connectivity index (χ1n) is 10.4. The Morgan fingerprint density at radius 2 is 1.94 bits per heavy atom. The third-order valence-electron chi connectivity index (χ3n) is 5.79. The van der Waals surface area contributed by atoms with E-state index in [1.807, 2.05) is 61.2 Å². The van der Waals surface area contributed by atoms with Gasteiger partial charge in [0.1, 0.15) is 17.4 Å². The molecular weight excluding hydrogens is 390 g/mol. The van der Waals surface area contributed by atoms with Gasteiger partial charge in [-0.2, -0.15) is 0 Å². The van der Waals surface area contributed by atoms with E-state index >= 15 is 0 Å². The molecule has 0 bridgehead atoms. The van der Waals surface area contributed by atoms with Crippen LogP contribution in [0.2, 0.25) is 0 Å². The number of pyridine rings is 1. The molecule has 1 N–H and O–H groups in total. The van der Waals surface area contributed by atoms with Crippen molar-refractivity contribution in [3.63, 3.8) is 0 Å². The Kier molecular flexibility index (Phi) is 5.84. The minimum atomic E-state index is -0.648. The zero-order valence-corrected chi connectivity index (χ0v) is 18.1. The second-order valence-electron chi connectivity index (χ2n) is 8.17. The molecule has 1 atom stereocenters. The predicted molar refractivity (Wildman–Crippen MR) is 119 cm³/mol. The highest BCUT2D eigenvalue weighted by molar-refractivity contribution is 5.88. The highest BCUT2D eigenvalue weighted by Gasteiger charge is 2.39. The van der Waals surface area contributed by atoms with Crippen molar-refractivity contribution in [1.29, 1.82) is 0 Å². The summed E-state index contributed by atoms with van der Waals surface area (Å²) in [7, 11) is 1.64. The molecule has 7 nitrogen and oxygen atoms in total. The van der Waals surface area contributed by atoms with E-state index in [1.54, 1.807) is 25.7 Å². The highest BCUT2D eigenvalue weighted by Crippen LogP contribution is 2.37. The standard InChI is InChI=1S/C24H27N5O2/c1-24(2,17-9-11-18(31-3)12-10-17)23(30)29-15-5-7-20(29)19-6-4-8-21(27-19)28-22-16-25-13-14-26-22/h4,6,8-14,16,20H,5,7,15H2,1-3H3,(H,26,27,28). The Hall–Kier alpha value is -3.48. The lowest BCUT2D eigenvalue weighted by molar-refractivity contribution is -0.137. The van der Waals surface area contributed by atoms with Crippen molar-refractivity contribution in [2.45, 2.75) is 38.1 Å². The van der Waals surface area contributed by atoms with Crippen LogP contribution in [0.5, 0.6) is 5.75 Å². The van der Waals surface area contributed by atoms with Crippen LogP contribution in [-0.2, 0) is 10.2 Å². The molecule has 160 valence electrons. The van der Waals surface area contributed by atoms with Crippen molar-refractivity contribution >= 4 is 17.5 Å². The number of anilines is 2. The van der Waals surface area contributed by atoms with Crippen LogP contribution in [0, 0.1) is 0 Å². The zero-order valence-electron chi connectivity index (χ0n) is 18.1. The van der Waals surface area contributed by atoms with Gasteiger partial charge in [0.2, 0.25) is 5.91 Å². The van der Waals surface area contributed by atoms with Gasteiger partial charge in [0.25, 0.3) is 0 Å². The van der Waals surface area contributed by atoms with Crippen LogP contribution in [-0.4, -0.2) is 39.4 Å². The maximum atomic E-state index is 13.6. The smallest absolute Gasteiger partial charge is 0.233 e. The number of aromatic nitrogens is 3. The Bertz CT molecular complexity index is 1040. The molecule has 0 saturated carbocycles. The fourth-order valence-electron chi connectivity index (χ4n) is 4.01. The molecule has 1 fully saturated rings. The number of nitrogens with one attached hydrogen (secondary N) is 1. The lowest BCUT2D eigenvalue weighted by atomic mass is 9.83. The Morgan fingerprint density at radius 1 is 1.13 bits per heavy atom. The van der Waals surface area contributed by atoms with E-state index in [2.05, 4.69) is 15.3 Å². The monoisotopic (exact) mass is 417 g/mol. The van der Waals surface area contributed by atoms with E-state index in [1.165, 1.54) is 0 Å². The molecule has 31 heavy (non-hydrogen) atoms. The van der Waals surface area contributed by atoms with Crippen molar-refractivity contribution in [2.75, 3.05) is 19.0 Å². The summed E-state index contributed by atoms with van der Waals surface area (Å²) in [5.41, 5.74) is 1.20. The lowest BCUT2D eigenvalue weighted by Crippen LogP contribution is -2.43. The summed E-state index contributed by atoms with van der Waals surface area (Å²) in [6.07, 6.45) is 6.76. The van der Waals surface area contributed by atoms with Crippen LogP contribution in [0.1, 0.15) is 44.0 Å². The van der Waals surface area contributed by atoms with Crippen LogP contribution in [0.4, 0.5) is 11.6 Å². The number of carbonyl (C=O) groups excluding carboxylic acids is 1. The number of rotatable bonds is 6. The average Bonchev–Trinajstić information content (AvgIpc) is 3.29. The van der Waals surface area contributed by atoms with E-state index in [4.69, 9.17) is 9.72 Å². The molecule has 0 aliphatic carbocycles. The third-order valence-corrected chi connectivity index (χ3v) is 5.79. The van der Waals surface area contributed by atoms with Gasteiger partial charge in [0.05, 0.1) is 30.5 Å². The van der Waals surface area contributed by atoms with Gasteiger partial charge >= 0.3 is 0 Å². The number of methoxy groups -OCH3 is 1. The number of ether oxygens (including phenoxy) is 1. The first kappa shape index (κ1) is 20.8. The normalized spacial score (nSPS) is 16.2. The molecule has 3 aromatic rings. The van der Waals surface area contributed by atoms with Crippen molar-refractivity contribution in [3.05, 3.63) is 72.3 Å². The minimum absolute atomic E-state index is 0.0476. The van der Waals surface area contributed by atoms with E-state index in [9.17, 15) is 4.79 Å².